The van der Waals surface area contributed by atoms with Gasteiger partial charge < -0.3 is 14.8 Å². The lowest BCUT2D eigenvalue weighted by atomic mass is 10.1. The molecular formula is C23H19N3O5. The number of pyridine rings is 1. The second kappa shape index (κ2) is 8.27. The van der Waals surface area contributed by atoms with Crippen LogP contribution in [0.15, 0.2) is 66.9 Å². The molecule has 0 bridgehead atoms. The minimum absolute atomic E-state index is 0.176. The van der Waals surface area contributed by atoms with Gasteiger partial charge in [0.25, 0.3) is 5.91 Å². The van der Waals surface area contributed by atoms with Crippen molar-refractivity contribution < 1.29 is 23.9 Å². The summed E-state index contributed by atoms with van der Waals surface area (Å²) >= 11 is 0. The van der Waals surface area contributed by atoms with Crippen LogP contribution in [0, 0.1) is 0 Å². The van der Waals surface area contributed by atoms with Gasteiger partial charge in [-0.2, -0.15) is 0 Å². The number of rotatable bonds is 5. The van der Waals surface area contributed by atoms with Gasteiger partial charge in [-0.25, -0.2) is 14.6 Å². The molecule has 0 aliphatic carbocycles. The number of carbonyl (C=O) groups is 3. The summed E-state index contributed by atoms with van der Waals surface area (Å²) in [6, 6.07) is 17.0. The number of benzene rings is 2. The first-order valence-corrected chi connectivity index (χ1v) is 9.45. The van der Waals surface area contributed by atoms with Gasteiger partial charge in [-0.05, 0) is 36.4 Å². The normalized spacial score (nSPS) is 14.7. The number of esters is 2. The molecule has 8 nitrogen and oxygen atoms in total. The summed E-state index contributed by atoms with van der Waals surface area (Å²) in [5.74, 6) is -0.931. The Kier molecular flexibility index (Phi) is 5.36. The molecule has 0 saturated carbocycles. The lowest BCUT2D eigenvalue weighted by molar-refractivity contribution is 0.0599. The summed E-state index contributed by atoms with van der Waals surface area (Å²) in [7, 11) is 2.52. The van der Waals surface area contributed by atoms with Crippen molar-refractivity contribution in [3.63, 3.8) is 0 Å². The van der Waals surface area contributed by atoms with Crippen LogP contribution in [-0.4, -0.2) is 37.0 Å². The molecule has 1 amide bonds. The van der Waals surface area contributed by atoms with E-state index in [1.54, 1.807) is 48.7 Å². The van der Waals surface area contributed by atoms with E-state index in [0.717, 1.165) is 5.56 Å². The molecule has 1 aliphatic rings. The van der Waals surface area contributed by atoms with Crippen molar-refractivity contribution in [2.24, 2.45) is 0 Å². The van der Waals surface area contributed by atoms with E-state index < -0.39 is 18.1 Å². The van der Waals surface area contributed by atoms with Gasteiger partial charge in [0.15, 0.2) is 0 Å². The van der Waals surface area contributed by atoms with Crippen LogP contribution in [0.5, 0.6) is 0 Å². The number of hydrogen-bond donors (Lipinski definition) is 1. The molecule has 0 saturated heterocycles. The van der Waals surface area contributed by atoms with Gasteiger partial charge in [0.1, 0.15) is 12.0 Å². The molecule has 0 fully saturated rings. The number of nitrogens with zero attached hydrogens (tertiary/aromatic N) is 2. The highest BCUT2D eigenvalue weighted by atomic mass is 16.5. The molecule has 1 unspecified atom stereocenters. The molecule has 2 heterocycles. The largest absolute Gasteiger partial charge is 0.465 e. The van der Waals surface area contributed by atoms with Gasteiger partial charge in [-0.1, -0.05) is 24.3 Å². The standard InChI is InChI=1S/C23H19N3O5/c1-30-22(28)14-11-15(23(29)31-2)13-16(12-14)25-20-17-7-3-4-8-18(17)21(27)26(20)19-9-5-6-10-24-19/h3-13,20,25H,1-2H3. The third kappa shape index (κ3) is 3.71. The van der Waals surface area contributed by atoms with Crippen LogP contribution in [0.1, 0.15) is 42.8 Å². The number of anilines is 2. The Labute approximate surface area is 178 Å². The Hall–Kier alpha value is -4.20. The Balaban J connectivity index is 1.80. The van der Waals surface area contributed by atoms with Crippen molar-refractivity contribution in [1.29, 1.82) is 0 Å². The number of carbonyl (C=O) groups excluding carboxylic acids is 3. The Bertz CT molecular complexity index is 1130. The van der Waals surface area contributed by atoms with E-state index in [9.17, 15) is 14.4 Å². The molecule has 1 N–H and O–H groups in total. The van der Waals surface area contributed by atoms with E-state index in [1.807, 2.05) is 12.1 Å². The minimum Gasteiger partial charge on any atom is -0.465 e. The number of aromatic nitrogens is 1. The zero-order valence-corrected chi connectivity index (χ0v) is 16.9. The molecule has 2 aromatic carbocycles. The lowest BCUT2D eigenvalue weighted by Crippen LogP contribution is -2.33. The topological polar surface area (TPSA) is 97.8 Å². The molecule has 156 valence electrons. The van der Waals surface area contributed by atoms with Crippen LogP contribution in [-0.2, 0) is 9.47 Å². The van der Waals surface area contributed by atoms with Gasteiger partial charge in [-0.3, -0.25) is 9.69 Å². The summed E-state index contributed by atoms with van der Waals surface area (Å²) < 4.78 is 9.60. The van der Waals surface area contributed by atoms with Gasteiger partial charge >= 0.3 is 11.9 Å². The number of nitrogens with one attached hydrogen (secondary N) is 1. The van der Waals surface area contributed by atoms with Gasteiger partial charge in [0, 0.05) is 23.0 Å². The number of fused-ring (bicyclic) bond motifs is 1. The first-order chi connectivity index (χ1) is 15.0. The van der Waals surface area contributed by atoms with Crippen molar-refractivity contribution >= 4 is 29.4 Å². The van der Waals surface area contributed by atoms with Gasteiger partial charge in [-0.15, -0.1) is 0 Å². The van der Waals surface area contributed by atoms with Crippen molar-refractivity contribution in [2.45, 2.75) is 6.17 Å². The average Bonchev–Trinajstić information content (AvgIpc) is 3.09. The zero-order valence-electron chi connectivity index (χ0n) is 16.9. The SMILES string of the molecule is COC(=O)c1cc(NC2c3ccccc3C(=O)N2c2ccccn2)cc(C(=O)OC)c1. The van der Waals surface area contributed by atoms with E-state index >= 15 is 0 Å². The minimum atomic E-state index is -0.600. The summed E-state index contributed by atoms with van der Waals surface area (Å²) in [5.41, 5.74) is 2.09. The molecule has 4 rings (SSSR count). The third-order valence-electron chi connectivity index (χ3n) is 4.94. The summed E-state index contributed by atoms with van der Waals surface area (Å²) in [4.78, 5) is 43.2. The molecule has 1 aromatic heterocycles. The predicted molar refractivity (Wildman–Crippen MR) is 113 cm³/mol. The number of hydrogen-bond acceptors (Lipinski definition) is 7. The highest BCUT2D eigenvalue weighted by Gasteiger charge is 2.38. The van der Waals surface area contributed by atoms with Crippen LogP contribution in [0.3, 0.4) is 0 Å². The Morgan fingerprint density at radius 1 is 0.935 bits per heavy atom. The molecule has 0 radical (unpaired) electrons. The first-order valence-electron chi connectivity index (χ1n) is 9.45. The first kappa shape index (κ1) is 20.1. The second-order valence-electron chi connectivity index (χ2n) is 6.78. The van der Waals surface area contributed by atoms with Crippen LogP contribution < -0.4 is 10.2 Å². The molecule has 1 aliphatic heterocycles. The van der Waals surface area contributed by atoms with Gasteiger partial charge in [0.05, 0.1) is 25.3 Å². The van der Waals surface area contributed by atoms with Crippen LogP contribution >= 0.6 is 0 Å². The number of methoxy groups -OCH3 is 2. The monoisotopic (exact) mass is 417 g/mol. The second-order valence-corrected chi connectivity index (χ2v) is 6.78. The van der Waals surface area contributed by atoms with Crippen LogP contribution in [0.4, 0.5) is 11.5 Å². The smallest absolute Gasteiger partial charge is 0.337 e. The van der Waals surface area contributed by atoms with Crippen molar-refractivity contribution in [2.75, 3.05) is 24.4 Å². The number of amides is 1. The van der Waals surface area contributed by atoms with E-state index in [-0.39, 0.29) is 17.0 Å². The van der Waals surface area contributed by atoms with E-state index in [1.165, 1.54) is 25.2 Å². The predicted octanol–water partition coefficient (Wildman–Crippen LogP) is 3.43. The molecule has 3 aromatic rings. The summed E-state index contributed by atoms with van der Waals surface area (Å²) in [6.07, 6.45) is 1.01. The lowest BCUT2D eigenvalue weighted by Gasteiger charge is -2.26. The fraction of sp³-hybridized carbons (Fsp3) is 0.130. The molecule has 1 atom stereocenters. The van der Waals surface area contributed by atoms with Crippen LogP contribution in [0.25, 0.3) is 0 Å². The Morgan fingerprint density at radius 2 is 1.58 bits per heavy atom. The third-order valence-corrected chi connectivity index (χ3v) is 4.94. The maximum atomic E-state index is 13.1. The quantitative estimate of drug-likeness (QED) is 0.635. The number of ether oxygens (including phenoxy) is 2. The van der Waals surface area contributed by atoms with E-state index in [0.29, 0.717) is 17.1 Å². The van der Waals surface area contributed by atoms with Crippen molar-refractivity contribution in [1.82, 2.24) is 4.98 Å². The highest BCUT2D eigenvalue weighted by Crippen LogP contribution is 2.37. The fourth-order valence-electron chi connectivity index (χ4n) is 3.53. The van der Waals surface area contributed by atoms with Gasteiger partial charge in [0.2, 0.25) is 0 Å². The molecule has 0 spiro atoms. The summed E-state index contributed by atoms with van der Waals surface area (Å²) in [6.45, 7) is 0. The summed E-state index contributed by atoms with van der Waals surface area (Å²) in [5, 5.41) is 3.26. The molecular weight excluding hydrogens is 398 g/mol. The molecule has 8 heteroatoms. The van der Waals surface area contributed by atoms with E-state index in [2.05, 4.69) is 10.3 Å². The maximum absolute atomic E-state index is 13.1. The maximum Gasteiger partial charge on any atom is 0.337 e. The van der Waals surface area contributed by atoms with Crippen molar-refractivity contribution in [3.05, 3.63) is 89.1 Å². The van der Waals surface area contributed by atoms with E-state index in [4.69, 9.17) is 9.47 Å². The Morgan fingerprint density at radius 3 is 2.19 bits per heavy atom. The average molecular weight is 417 g/mol. The molecule has 31 heavy (non-hydrogen) atoms. The fourth-order valence-corrected chi connectivity index (χ4v) is 3.53. The van der Waals surface area contributed by atoms with Crippen LogP contribution in [0.2, 0.25) is 0 Å². The highest BCUT2D eigenvalue weighted by molar-refractivity contribution is 6.11. The van der Waals surface area contributed by atoms with Crippen molar-refractivity contribution in [3.8, 4) is 0 Å². The zero-order chi connectivity index (χ0) is 22.0.